The second-order valence-corrected chi connectivity index (χ2v) is 7.59. The van der Waals surface area contributed by atoms with E-state index >= 15 is 0 Å². The van der Waals surface area contributed by atoms with Crippen molar-refractivity contribution in [2.24, 2.45) is 0 Å². The SMILES string of the molecule is Cc1ccnc(CS(=O)(=O)CCc2ccc3c(c2)OC(F)(F)O3)n1. The van der Waals surface area contributed by atoms with Gasteiger partial charge in [0.05, 0.1) is 5.75 Å². The van der Waals surface area contributed by atoms with Gasteiger partial charge >= 0.3 is 6.29 Å². The van der Waals surface area contributed by atoms with E-state index in [4.69, 9.17) is 0 Å². The van der Waals surface area contributed by atoms with Crippen LogP contribution in [0.3, 0.4) is 0 Å². The number of benzene rings is 1. The third-order valence-corrected chi connectivity index (χ3v) is 4.89. The second-order valence-electron chi connectivity index (χ2n) is 5.40. The van der Waals surface area contributed by atoms with Gasteiger partial charge in [-0.25, -0.2) is 18.4 Å². The van der Waals surface area contributed by atoms with E-state index in [9.17, 15) is 17.2 Å². The summed E-state index contributed by atoms with van der Waals surface area (Å²) < 4.78 is 58.9. The van der Waals surface area contributed by atoms with Gasteiger partial charge < -0.3 is 9.47 Å². The topological polar surface area (TPSA) is 78.4 Å². The summed E-state index contributed by atoms with van der Waals surface area (Å²) in [5, 5.41) is 0. The molecule has 6 nitrogen and oxygen atoms in total. The molecule has 0 radical (unpaired) electrons. The van der Waals surface area contributed by atoms with Crippen LogP contribution in [0.15, 0.2) is 30.5 Å². The van der Waals surface area contributed by atoms with Crippen LogP contribution in [0.1, 0.15) is 17.1 Å². The summed E-state index contributed by atoms with van der Waals surface area (Å²) >= 11 is 0. The maximum Gasteiger partial charge on any atom is 0.586 e. The standard InChI is InChI=1S/C15H14F2N2O4S/c1-10-4-6-18-14(19-10)9-24(20,21)7-5-11-2-3-12-13(8-11)23-15(16,17)22-12/h2-4,6,8H,5,7,9H2,1H3. The number of alkyl halides is 2. The summed E-state index contributed by atoms with van der Waals surface area (Å²) in [4.78, 5) is 8.00. The fraction of sp³-hybridized carbons (Fsp3) is 0.333. The zero-order valence-electron chi connectivity index (χ0n) is 12.7. The van der Waals surface area contributed by atoms with Crippen molar-refractivity contribution >= 4 is 9.84 Å². The molecular weight excluding hydrogens is 342 g/mol. The molecule has 1 aliphatic rings. The smallest absolute Gasteiger partial charge is 0.395 e. The van der Waals surface area contributed by atoms with E-state index in [1.807, 2.05) is 0 Å². The fourth-order valence-corrected chi connectivity index (χ4v) is 3.49. The van der Waals surface area contributed by atoms with Crippen LogP contribution in [0.5, 0.6) is 11.5 Å². The zero-order valence-corrected chi connectivity index (χ0v) is 13.5. The average molecular weight is 356 g/mol. The van der Waals surface area contributed by atoms with Crippen molar-refractivity contribution in [3.63, 3.8) is 0 Å². The lowest BCUT2D eigenvalue weighted by atomic mass is 10.1. The average Bonchev–Trinajstić information content (AvgIpc) is 2.77. The number of aromatic nitrogens is 2. The molecule has 2 heterocycles. The minimum atomic E-state index is -3.68. The van der Waals surface area contributed by atoms with Crippen LogP contribution < -0.4 is 9.47 Å². The molecule has 2 aromatic rings. The van der Waals surface area contributed by atoms with Crippen molar-refractivity contribution in [3.8, 4) is 11.5 Å². The number of sulfone groups is 1. The maximum absolute atomic E-state index is 13.0. The Balaban J connectivity index is 1.65. The molecule has 128 valence electrons. The molecular formula is C15H14F2N2O4S. The van der Waals surface area contributed by atoms with Gasteiger partial charge in [0.25, 0.3) is 0 Å². The molecule has 0 N–H and O–H groups in total. The van der Waals surface area contributed by atoms with Gasteiger partial charge in [0.2, 0.25) is 0 Å². The molecule has 1 aromatic heterocycles. The first kappa shape index (κ1) is 16.6. The van der Waals surface area contributed by atoms with E-state index in [0.717, 1.165) is 0 Å². The summed E-state index contributed by atoms with van der Waals surface area (Å²) in [6, 6.07) is 5.90. The molecule has 0 bridgehead atoms. The Morgan fingerprint density at radius 1 is 1.17 bits per heavy atom. The molecule has 0 amide bonds. The van der Waals surface area contributed by atoms with Crippen molar-refractivity contribution in [1.82, 2.24) is 9.97 Å². The van der Waals surface area contributed by atoms with Crippen molar-refractivity contribution in [2.45, 2.75) is 25.4 Å². The summed E-state index contributed by atoms with van der Waals surface area (Å²) in [6.45, 7) is 1.75. The van der Waals surface area contributed by atoms with E-state index in [1.54, 1.807) is 13.0 Å². The highest BCUT2D eigenvalue weighted by Gasteiger charge is 2.43. The number of fused-ring (bicyclic) bond motifs is 1. The van der Waals surface area contributed by atoms with Gasteiger partial charge in [-0.05, 0) is 37.1 Å². The molecule has 0 unspecified atom stereocenters. The molecule has 9 heteroatoms. The first-order chi connectivity index (χ1) is 11.2. The first-order valence-corrected chi connectivity index (χ1v) is 8.92. The lowest BCUT2D eigenvalue weighted by molar-refractivity contribution is -0.286. The van der Waals surface area contributed by atoms with Crippen LogP contribution in [0, 0.1) is 6.92 Å². The van der Waals surface area contributed by atoms with Gasteiger partial charge in [-0.2, -0.15) is 0 Å². The predicted octanol–water partition coefficient (Wildman–Crippen LogP) is 2.26. The Labute approximate surface area is 137 Å². The molecule has 0 fully saturated rings. The van der Waals surface area contributed by atoms with Crippen molar-refractivity contribution in [3.05, 3.63) is 47.5 Å². The van der Waals surface area contributed by atoms with Gasteiger partial charge in [0, 0.05) is 11.9 Å². The molecule has 0 atom stereocenters. The molecule has 0 aliphatic carbocycles. The summed E-state index contributed by atoms with van der Waals surface area (Å²) in [5.41, 5.74) is 1.25. The molecule has 0 spiro atoms. The lowest BCUT2D eigenvalue weighted by Gasteiger charge is -2.05. The lowest BCUT2D eigenvalue weighted by Crippen LogP contribution is -2.25. The van der Waals surface area contributed by atoms with E-state index in [2.05, 4.69) is 19.4 Å². The highest BCUT2D eigenvalue weighted by molar-refractivity contribution is 7.90. The Morgan fingerprint density at radius 2 is 1.92 bits per heavy atom. The summed E-state index contributed by atoms with van der Waals surface area (Å²) in [7, 11) is -3.43. The molecule has 1 aromatic carbocycles. The highest BCUT2D eigenvalue weighted by Crippen LogP contribution is 2.41. The van der Waals surface area contributed by atoms with Crippen molar-refractivity contribution < 1.29 is 26.7 Å². The van der Waals surface area contributed by atoms with Crippen LogP contribution in [-0.4, -0.2) is 30.4 Å². The Kier molecular flexibility index (Phi) is 4.12. The number of hydrogen-bond donors (Lipinski definition) is 0. The molecule has 1 aliphatic heterocycles. The Morgan fingerprint density at radius 3 is 2.67 bits per heavy atom. The minimum absolute atomic E-state index is 0.0697. The molecule has 0 saturated heterocycles. The third-order valence-electron chi connectivity index (χ3n) is 3.36. The second kappa shape index (κ2) is 5.97. The van der Waals surface area contributed by atoms with E-state index in [0.29, 0.717) is 11.3 Å². The number of halogens is 2. The third kappa shape index (κ3) is 3.97. The van der Waals surface area contributed by atoms with Gasteiger partial charge in [-0.15, -0.1) is 8.78 Å². The van der Waals surface area contributed by atoms with Gasteiger partial charge in [0.1, 0.15) is 11.6 Å². The van der Waals surface area contributed by atoms with E-state index in [1.165, 1.54) is 24.4 Å². The number of aryl methyl sites for hydroxylation is 2. The normalized spacial score (nSPS) is 15.5. The van der Waals surface area contributed by atoms with Crippen molar-refractivity contribution in [1.29, 1.82) is 0 Å². The predicted molar refractivity (Wildman–Crippen MR) is 80.6 cm³/mol. The monoisotopic (exact) mass is 356 g/mol. The largest absolute Gasteiger partial charge is 0.586 e. The van der Waals surface area contributed by atoms with Crippen LogP contribution in [-0.2, 0) is 22.0 Å². The summed E-state index contributed by atoms with van der Waals surface area (Å²) in [6.07, 6.45) is -2.02. The first-order valence-electron chi connectivity index (χ1n) is 7.10. The van der Waals surface area contributed by atoms with Crippen molar-refractivity contribution in [2.75, 3.05) is 5.75 Å². The Hall–Kier alpha value is -2.29. The van der Waals surface area contributed by atoms with Crippen LogP contribution in [0.2, 0.25) is 0 Å². The highest BCUT2D eigenvalue weighted by atomic mass is 32.2. The zero-order chi connectivity index (χ0) is 17.4. The van der Waals surface area contributed by atoms with Crippen LogP contribution in [0.4, 0.5) is 8.78 Å². The summed E-state index contributed by atoms with van der Waals surface area (Å²) in [5.74, 6) is -0.352. The van der Waals surface area contributed by atoms with Gasteiger partial charge in [-0.1, -0.05) is 6.07 Å². The number of hydrogen-bond acceptors (Lipinski definition) is 6. The Bertz CT molecular complexity index is 872. The van der Waals surface area contributed by atoms with Crippen LogP contribution in [0.25, 0.3) is 0 Å². The fourth-order valence-electron chi connectivity index (χ4n) is 2.26. The number of ether oxygens (including phenoxy) is 2. The maximum atomic E-state index is 13.0. The molecule has 24 heavy (non-hydrogen) atoms. The molecule has 0 saturated carbocycles. The van der Waals surface area contributed by atoms with Crippen LogP contribution >= 0.6 is 0 Å². The number of nitrogens with zero attached hydrogens (tertiary/aromatic N) is 2. The van der Waals surface area contributed by atoms with Gasteiger partial charge in [0.15, 0.2) is 21.3 Å². The van der Waals surface area contributed by atoms with Gasteiger partial charge in [-0.3, -0.25) is 0 Å². The quantitative estimate of drug-likeness (QED) is 0.818. The molecule has 3 rings (SSSR count). The number of rotatable bonds is 5. The minimum Gasteiger partial charge on any atom is -0.395 e. The van der Waals surface area contributed by atoms with E-state index in [-0.39, 0.29) is 35.2 Å². The van der Waals surface area contributed by atoms with E-state index < -0.39 is 16.1 Å².